The van der Waals surface area contributed by atoms with Crippen LogP contribution in [0.3, 0.4) is 0 Å². The Morgan fingerprint density at radius 3 is 2.65 bits per heavy atom. The molecule has 2 aromatic carbocycles. The Bertz CT molecular complexity index is 827. The van der Waals surface area contributed by atoms with Crippen LogP contribution < -0.4 is 15.5 Å². The van der Waals surface area contributed by atoms with E-state index in [0.717, 1.165) is 4.47 Å². The van der Waals surface area contributed by atoms with Crippen LogP contribution in [0.15, 0.2) is 52.0 Å². The Labute approximate surface area is 158 Å². The van der Waals surface area contributed by atoms with E-state index >= 15 is 0 Å². The summed E-state index contributed by atoms with van der Waals surface area (Å²) < 4.78 is 19.5. The number of nitrogens with one attached hydrogen (secondary N) is 2. The zero-order valence-corrected chi connectivity index (χ0v) is 15.5. The molecule has 2 aromatic rings. The summed E-state index contributed by atoms with van der Waals surface area (Å²) in [7, 11) is 1.54. The number of methoxy groups -OCH3 is 1. The second kappa shape index (κ2) is 9.67. The first-order valence-electron chi connectivity index (χ1n) is 7.69. The van der Waals surface area contributed by atoms with Gasteiger partial charge >= 0.3 is 0 Å². The van der Waals surface area contributed by atoms with Gasteiger partial charge in [0.25, 0.3) is 0 Å². The molecule has 2 N–H and O–H groups in total. The number of hydrogen-bond acceptors (Lipinski definition) is 4. The number of carbonyl (C=O) groups excluding carboxylic acids is 2. The normalized spacial score (nSPS) is 10.6. The molecule has 0 fully saturated rings. The summed E-state index contributed by atoms with van der Waals surface area (Å²) in [6, 6.07) is 11.2. The number of para-hydroxylation sites is 1. The van der Waals surface area contributed by atoms with Crippen LogP contribution in [0.5, 0.6) is 5.75 Å². The first-order valence-corrected chi connectivity index (χ1v) is 8.48. The maximum atomic E-state index is 13.4. The molecular formula is C18H17BrFN3O3. The Hall–Kier alpha value is -2.74. The Balaban J connectivity index is 1.81. The van der Waals surface area contributed by atoms with Gasteiger partial charge in [-0.3, -0.25) is 9.59 Å². The van der Waals surface area contributed by atoms with Gasteiger partial charge in [0.15, 0.2) is 0 Å². The summed E-state index contributed by atoms with van der Waals surface area (Å²) in [5.74, 6) is -0.810. The number of halogens is 2. The molecule has 0 saturated carbocycles. The number of anilines is 1. The van der Waals surface area contributed by atoms with E-state index in [1.807, 2.05) is 6.07 Å². The Kier molecular flexibility index (Phi) is 7.28. The molecule has 0 spiro atoms. The second-order valence-corrected chi connectivity index (χ2v) is 6.12. The lowest BCUT2D eigenvalue weighted by Gasteiger charge is -2.06. The van der Waals surface area contributed by atoms with Crippen molar-refractivity contribution in [1.29, 1.82) is 0 Å². The van der Waals surface area contributed by atoms with Gasteiger partial charge in [0.2, 0.25) is 11.8 Å². The van der Waals surface area contributed by atoms with Gasteiger partial charge < -0.3 is 10.1 Å². The minimum Gasteiger partial charge on any atom is -0.496 e. The van der Waals surface area contributed by atoms with Crippen LogP contribution in [0.1, 0.15) is 18.4 Å². The Morgan fingerprint density at radius 2 is 1.92 bits per heavy atom. The number of hydrazone groups is 1. The van der Waals surface area contributed by atoms with Gasteiger partial charge in [0.05, 0.1) is 19.0 Å². The van der Waals surface area contributed by atoms with E-state index in [2.05, 4.69) is 31.8 Å². The van der Waals surface area contributed by atoms with E-state index in [4.69, 9.17) is 4.74 Å². The number of nitrogens with zero attached hydrogens (tertiary/aromatic N) is 1. The fraction of sp³-hybridized carbons (Fsp3) is 0.167. The van der Waals surface area contributed by atoms with Crippen molar-refractivity contribution in [3.8, 4) is 5.75 Å². The number of hydrogen-bond donors (Lipinski definition) is 2. The monoisotopic (exact) mass is 421 g/mol. The highest BCUT2D eigenvalue weighted by Gasteiger charge is 2.09. The summed E-state index contributed by atoms with van der Waals surface area (Å²) in [6.07, 6.45) is 1.28. The SMILES string of the molecule is COc1ccc(Br)cc1C=NNC(=O)CCC(=O)Nc1ccccc1F. The predicted octanol–water partition coefficient (Wildman–Crippen LogP) is 3.47. The van der Waals surface area contributed by atoms with E-state index in [9.17, 15) is 14.0 Å². The number of carbonyl (C=O) groups is 2. The van der Waals surface area contributed by atoms with Crippen molar-refractivity contribution in [1.82, 2.24) is 5.43 Å². The van der Waals surface area contributed by atoms with Crippen molar-refractivity contribution in [2.45, 2.75) is 12.8 Å². The average Bonchev–Trinajstić information content (AvgIpc) is 2.62. The highest BCUT2D eigenvalue weighted by Crippen LogP contribution is 2.21. The number of amides is 2. The van der Waals surface area contributed by atoms with Crippen LogP contribution >= 0.6 is 15.9 Å². The third kappa shape index (κ3) is 5.96. The summed E-state index contributed by atoms with van der Waals surface area (Å²) >= 11 is 3.34. The van der Waals surface area contributed by atoms with Crippen LogP contribution in [0.25, 0.3) is 0 Å². The standard InChI is InChI=1S/C18H17BrFN3O3/c1-26-16-7-6-13(19)10-12(16)11-21-23-18(25)9-8-17(24)22-15-5-3-2-4-14(15)20/h2-7,10-11H,8-9H2,1H3,(H,22,24)(H,23,25). The number of ether oxygens (including phenoxy) is 1. The quantitative estimate of drug-likeness (QED) is 0.530. The number of rotatable bonds is 7. The van der Waals surface area contributed by atoms with Crippen molar-refractivity contribution < 1.29 is 18.7 Å². The lowest BCUT2D eigenvalue weighted by Crippen LogP contribution is -2.21. The highest BCUT2D eigenvalue weighted by molar-refractivity contribution is 9.10. The molecule has 0 radical (unpaired) electrons. The molecule has 26 heavy (non-hydrogen) atoms. The summed E-state index contributed by atoms with van der Waals surface area (Å²) in [6.45, 7) is 0. The third-order valence-corrected chi connectivity index (χ3v) is 3.80. The molecule has 8 heteroatoms. The minimum atomic E-state index is -0.530. The van der Waals surface area contributed by atoms with Crippen molar-refractivity contribution in [2.75, 3.05) is 12.4 Å². The van der Waals surface area contributed by atoms with Crippen LogP contribution in [0, 0.1) is 5.82 Å². The van der Waals surface area contributed by atoms with Crippen LogP contribution in [0.4, 0.5) is 10.1 Å². The minimum absolute atomic E-state index is 0.0761. The van der Waals surface area contributed by atoms with Crippen LogP contribution in [-0.2, 0) is 9.59 Å². The molecule has 0 bridgehead atoms. The smallest absolute Gasteiger partial charge is 0.240 e. The van der Waals surface area contributed by atoms with E-state index in [0.29, 0.717) is 11.3 Å². The van der Waals surface area contributed by atoms with E-state index in [1.165, 1.54) is 31.5 Å². The lowest BCUT2D eigenvalue weighted by atomic mass is 10.2. The zero-order valence-electron chi connectivity index (χ0n) is 14.0. The van der Waals surface area contributed by atoms with Gasteiger partial charge in [-0.25, -0.2) is 9.82 Å². The summed E-state index contributed by atoms with van der Waals surface area (Å²) in [5.41, 5.74) is 3.10. The van der Waals surface area contributed by atoms with Crippen LogP contribution in [0.2, 0.25) is 0 Å². The van der Waals surface area contributed by atoms with Gasteiger partial charge in [-0.1, -0.05) is 28.1 Å². The van der Waals surface area contributed by atoms with Crippen molar-refractivity contribution in [3.63, 3.8) is 0 Å². The average molecular weight is 422 g/mol. The first kappa shape index (κ1) is 19.6. The predicted molar refractivity (Wildman–Crippen MR) is 101 cm³/mol. The molecule has 0 aliphatic carbocycles. The first-order chi connectivity index (χ1) is 12.5. The molecule has 136 valence electrons. The Morgan fingerprint density at radius 1 is 1.19 bits per heavy atom. The summed E-state index contributed by atoms with van der Waals surface area (Å²) in [4.78, 5) is 23.5. The maximum absolute atomic E-state index is 13.4. The molecule has 0 aromatic heterocycles. The topological polar surface area (TPSA) is 79.8 Å². The fourth-order valence-corrected chi connectivity index (χ4v) is 2.42. The van der Waals surface area contributed by atoms with E-state index in [-0.39, 0.29) is 18.5 Å². The molecule has 2 amide bonds. The molecule has 0 heterocycles. The molecule has 0 atom stereocenters. The van der Waals surface area contributed by atoms with E-state index in [1.54, 1.807) is 18.2 Å². The molecule has 0 saturated heterocycles. The maximum Gasteiger partial charge on any atom is 0.240 e. The van der Waals surface area contributed by atoms with Gasteiger partial charge in [0.1, 0.15) is 11.6 Å². The second-order valence-electron chi connectivity index (χ2n) is 5.21. The van der Waals surface area contributed by atoms with Gasteiger partial charge in [-0.15, -0.1) is 0 Å². The largest absolute Gasteiger partial charge is 0.496 e. The van der Waals surface area contributed by atoms with E-state index < -0.39 is 17.6 Å². The van der Waals surface area contributed by atoms with Gasteiger partial charge in [-0.05, 0) is 30.3 Å². The lowest BCUT2D eigenvalue weighted by molar-refractivity contribution is -0.124. The van der Waals surface area contributed by atoms with Gasteiger partial charge in [-0.2, -0.15) is 5.10 Å². The molecule has 6 nitrogen and oxygen atoms in total. The summed E-state index contributed by atoms with van der Waals surface area (Å²) in [5, 5.41) is 6.26. The molecule has 0 unspecified atom stereocenters. The highest BCUT2D eigenvalue weighted by atomic mass is 79.9. The number of benzene rings is 2. The molecule has 0 aliphatic heterocycles. The van der Waals surface area contributed by atoms with Crippen molar-refractivity contribution in [3.05, 3.63) is 58.3 Å². The van der Waals surface area contributed by atoms with Crippen molar-refractivity contribution in [2.24, 2.45) is 5.10 Å². The zero-order chi connectivity index (χ0) is 18.9. The fourth-order valence-electron chi connectivity index (χ4n) is 2.04. The molecular weight excluding hydrogens is 405 g/mol. The van der Waals surface area contributed by atoms with Crippen molar-refractivity contribution >= 4 is 39.6 Å². The molecule has 2 rings (SSSR count). The van der Waals surface area contributed by atoms with Crippen LogP contribution in [-0.4, -0.2) is 25.1 Å². The molecule has 0 aliphatic rings. The third-order valence-electron chi connectivity index (χ3n) is 3.31. The van der Waals surface area contributed by atoms with Gasteiger partial charge in [0, 0.05) is 22.9 Å².